The Kier molecular flexibility index (Phi) is 7.28. The maximum absolute atomic E-state index is 8.65. The van der Waals surface area contributed by atoms with E-state index in [0.717, 1.165) is 18.1 Å². The molecule has 0 aromatic heterocycles. The third kappa shape index (κ3) is 5.83. The molecule has 0 heterocycles. The summed E-state index contributed by atoms with van der Waals surface area (Å²) in [6, 6.07) is 8.38. The third-order valence-electron chi connectivity index (χ3n) is 2.79. The van der Waals surface area contributed by atoms with E-state index in [0.29, 0.717) is 19.3 Å². The average molecular weight is 272 g/mol. The van der Waals surface area contributed by atoms with Gasteiger partial charge in [0.2, 0.25) is 0 Å². The van der Waals surface area contributed by atoms with Crippen LogP contribution in [-0.4, -0.2) is 42.4 Å². The number of benzene rings is 1. The highest BCUT2D eigenvalue weighted by atomic mass is 35.5. The lowest BCUT2D eigenvalue weighted by Gasteiger charge is -2.26. The predicted molar refractivity (Wildman–Crippen MR) is 74.9 cm³/mol. The standard InChI is InChI=1S/C14H22ClNO2/c1-12(2)16(7-9-18-10-8-17)11-13-3-5-14(15)6-4-13/h3-6,12,17H,7-11H2,1-2H3. The lowest BCUT2D eigenvalue weighted by molar-refractivity contribution is 0.0647. The van der Waals surface area contributed by atoms with Crippen LogP contribution >= 0.6 is 11.6 Å². The molecule has 18 heavy (non-hydrogen) atoms. The van der Waals surface area contributed by atoms with Gasteiger partial charge in [-0.15, -0.1) is 0 Å². The van der Waals surface area contributed by atoms with Gasteiger partial charge in [-0.2, -0.15) is 0 Å². The zero-order valence-corrected chi connectivity index (χ0v) is 11.9. The Hall–Kier alpha value is -0.610. The van der Waals surface area contributed by atoms with E-state index in [2.05, 4.69) is 18.7 Å². The van der Waals surface area contributed by atoms with E-state index in [1.165, 1.54) is 5.56 Å². The number of aliphatic hydroxyl groups excluding tert-OH is 1. The zero-order valence-electron chi connectivity index (χ0n) is 11.1. The average Bonchev–Trinajstić information content (AvgIpc) is 2.35. The monoisotopic (exact) mass is 271 g/mol. The zero-order chi connectivity index (χ0) is 13.4. The van der Waals surface area contributed by atoms with Crippen LogP contribution in [0.3, 0.4) is 0 Å². The van der Waals surface area contributed by atoms with Gasteiger partial charge in [0.15, 0.2) is 0 Å². The van der Waals surface area contributed by atoms with Crippen molar-refractivity contribution in [3.05, 3.63) is 34.9 Å². The normalized spacial score (nSPS) is 11.4. The van der Waals surface area contributed by atoms with Crippen LogP contribution < -0.4 is 0 Å². The number of ether oxygens (including phenoxy) is 1. The second kappa shape index (κ2) is 8.48. The minimum Gasteiger partial charge on any atom is -0.394 e. The highest BCUT2D eigenvalue weighted by molar-refractivity contribution is 6.30. The summed E-state index contributed by atoms with van der Waals surface area (Å²) < 4.78 is 5.31. The molecular weight excluding hydrogens is 250 g/mol. The molecule has 0 unspecified atom stereocenters. The molecule has 0 bridgehead atoms. The lowest BCUT2D eigenvalue weighted by atomic mass is 10.2. The van der Waals surface area contributed by atoms with Crippen LogP contribution in [0.1, 0.15) is 19.4 Å². The van der Waals surface area contributed by atoms with Crippen molar-refractivity contribution in [1.82, 2.24) is 4.90 Å². The van der Waals surface area contributed by atoms with E-state index in [-0.39, 0.29) is 6.61 Å². The molecule has 4 heteroatoms. The Morgan fingerprint density at radius 1 is 1.22 bits per heavy atom. The highest BCUT2D eigenvalue weighted by Gasteiger charge is 2.09. The number of hydrogen-bond acceptors (Lipinski definition) is 3. The first-order chi connectivity index (χ1) is 8.63. The SMILES string of the molecule is CC(C)N(CCOCCO)Cc1ccc(Cl)cc1. The van der Waals surface area contributed by atoms with Gasteiger partial charge in [-0.25, -0.2) is 0 Å². The number of halogens is 1. The quantitative estimate of drug-likeness (QED) is 0.738. The Bertz CT molecular complexity index is 327. The van der Waals surface area contributed by atoms with Gasteiger partial charge in [0.1, 0.15) is 0 Å². The van der Waals surface area contributed by atoms with Gasteiger partial charge in [0.25, 0.3) is 0 Å². The molecule has 3 nitrogen and oxygen atoms in total. The molecule has 0 saturated carbocycles. The molecule has 1 rings (SSSR count). The summed E-state index contributed by atoms with van der Waals surface area (Å²) in [6.45, 7) is 7.22. The first kappa shape index (κ1) is 15.4. The van der Waals surface area contributed by atoms with Crippen LogP contribution in [0.15, 0.2) is 24.3 Å². The van der Waals surface area contributed by atoms with Gasteiger partial charge >= 0.3 is 0 Å². The fraction of sp³-hybridized carbons (Fsp3) is 0.571. The van der Waals surface area contributed by atoms with E-state index < -0.39 is 0 Å². The smallest absolute Gasteiger partial charge is 0.0698 e. The van der Waals surface area contributed by atoms with Crippen molar-refractivity contribution in [3.8, 4) is 0 Å². The summed E-state index contributed by atoms with van der Waals surface area (Å²) in [5.74, 6) is 0. The molecule has 0 fully saturated rings. The summed E-state index contributed by atoms with van der Waals surface area (Å²) in [4.78, 5) is 2.33. The highest BCUT2D eigenvalue weighted by Crippen LogP contribution is 2.12. The largest absolute Gasteiger partial charge is 0.394 e. The lowest BCUT2D eigenvalue weighted by Crippen LogP contribution is -2.33. The second-order valence-corrected chi connectivity index (χ2v) is 4.96. The van der Waals surface area contributed by atoms with Gasteiger partial charge < -0.3 is 9.84 Å². The number of hydrogen-bond donors (Lipinski definition) is 1. The van der Waals surface area contributed by atoms with Gasteiger partial charge in [-0.3, -0.25) is 4.90 Å². The van der Waals surface area contributed by atoms with E-state index in [9.17, 15) is 0 Å². The fourth-order valence-corrected chi connectivity index (χ4v) is 1.82. The maximum Gasteiger partial charge on any atom is 0.0698 e. The van der Waals surface area contributed by atoms with Crippen LogP contribution in [0.25, 0.3) is 0 Å². The minimum absolute atomic E-state index is 0.0822. The molecule has 0 aliphatic heterocycles. The van der Waals surface area contributed by atoms with Crippen molar-refractivity contribution in [2.75, 3.05) is 26.4 Å². The van der Waals surface area contributed by atoms with Gasteiger partial charge in [0, 0.05) is 24.2 Å². The molecule has 0 radical (unpaired) electrons. The summed E-state index contributed by atoms with van der Waals surface area (Å²) in [6.07, 6.45) is 0. The summed E-state index contributed by atoms with van der Waals surface area (Å²) in [5.41, 5.74) is 1.25. The van der Waals surface area contributed by atoms with Crippen LogP contribution in [0.5, 0.6) is 0 Å². The Morgan fingerprint density at radius 2 is 1.89 bits per heavy atom. The van der Waals surface area contributed by atoms with Crippen molar-refractivity contribution in [1.29, 1.82) is 0 Å². The summed E-state index contributed by atoms with van der Waals surface area (Å²) >= 11 is 5.87. The summed E-state index contributed by atoms with van der Waals surface area (Å²) in [5, 5.41) is 9.42. The first-order valence-corrected chi connectivity index (χ1v) is 6.68. The fourth-order valence-electron chi connectivity index (χ4n) is 1.69. The Balaban J connectivity index is 2.44. The van der Waals surface area contributed by atoms with Crippen LogP contribution in [0.2, 0.25) is 5.02 Å². The number of rotatable bonds is 8. The predicted octanol–water partition coefficient (Wildman–Crippen LogP) is 2.56. The van der Waals surface area contributed by atoms with Crippen molar-refractivity contribution in [2.45, 2.75) is 26.4 Å². The van der Waals surface area contributed by atoms with Gasteiger partial charge in [0.05, 0.1) is 19.8 Å². The molecular formula is C14H22ClNO2. The van der Waals surface area contributed by atoms with E-state index in [1.54, 1.807) is 0 Å². The van der Waals surface area contributed by atoms with Crippen LogP contribution in [-0.2, 0) is 11.3 Å². The summed E-state index contributed by atoms with van der Waals surface area (Å²) in [7, 11) is 0. The molecule has 0 atom stereocenters. The Morgan fingerprint density at radius 3 is 2.44 bits per heavy atom. The Labute approximate surface area is 114 Å². The number of nitrogens with zero attached hydrogens (tertiary/aromatic N) is 1. The van der Waals surface area contributed by atoms with Crippen molar-refractivity contribution >= 4 is 11.6 Å². The molecule has 1 aromatic carbocycles. The topological polar surface area (TPSA) is 32.7 Å². The maximum atomic E-state index is 8.65. The molecule has 0 aliphatic rings. The molecule has 1 N–H and O–H groups in total. The molecule has 1 aromatic rings. The van der Waals surface area contributed by atoms with Gasteiger partial charge in [-0.1, -0.05) is 23.7 Å². The van der Waals surface area contributed by atoms with Crippen molar-refractivity contribution in [3.63, 3.8) is 0 Å². The van der Waals surface area contributed by atoms with Crippen LogP contribution in [0.4, 0.5) is 0 Å². The molecule has 102 valence electrons. The van der Waals surface area contributed by atoms with E-state index >= 15 is 0 Å². The molecule has 0 aliphatic carbocycles. The van der Waals surface area contributed by atoms with E-state index in [1.807, 2.05) is 24.3 Å². The van der Waals surface area contributed by atoms with Crippen LogP contribution in [0, 0.1) is 0 Å². The van der Waals surface area contributed by atoms with Gasteiger partial charge in [-0.05, 0) is 31.5 Å². The number of aliphatic hydroxyl groups is 1. The molecule has 0 saturated heterocycles. The minimum atomic E-state index is 0.0822. The van der Waals surface area contributed by atoms with E-state index in [4.69, 9.17) is 21.4 Å². The first-order valence-electron chi connectivity index (χ1n) is 6.30. The molecule has 0 spiro atoms. The third-order valence-corrected chi connectivity index (χ3v) is 3.04. The molecule has 0 amide bonds. The van der Waals surface area contributed by atoms with Crippen molar-refractivity contribution in [2.24, 2.45) is 0 Å². The van der Waals surface area contributed by atoms with Crippen molar-refractivity contribution < 1.29 is 9.84 Å². The second-order valence-electron chi connectivity index (χ2n) is 4.53.